The molecule has 0 heterocycles. The van der Waals surface area contributed by atoms with E-state index in [0.717, 1.165) is 0 Å². The Morgan fingerprint density at radius 3 is 2.00 bits per heavy atom. The Labute approximate surface area is 96.0 Å². The molecule has 2 nitrogen and oxygen atoms in total. The van der Waals surface area contributed by atoms with Crippen LogP contribution in [0.25, 0.3) is 0 Å². The molecule has 0 aliphatic rings. The number of allylic oxidation sites excluding steroid dienone is 1. The fourth-order valence-electron chi connectivity index (χ4n) is 0.848. The molecule has 0 saturated heterocycles. The van der Waals surface area contributed by atoms with Gasteiger partial charge in [-0.3, -0.25) is 4.79 Å². The summed E-state index contributed by atoms with van der Waals surface area (Å²) >= 11 is 5.66. The van der Waals surface area contributed by atoms with Gasteiger partial charge in [0.05, 0.1) is 0 Å². The topological polar surface area (TPSA) is 29.1 Å². The van der Waals surface area contributed by atoms with Gasteiger partial charge in [0, 0.05) is 10.6 Å². The highest BCUT2D eigenvalue weighted by Crippen LogP contribution is 2.11. The Balaban J connectivity index is 0.000000583. The number of hydrogen-bond acceptors (Lipinski definition) is 2. The van der Waals surface area contributed by atoms with Gasteiger partial charge < -0.3 is 5.32 Å². The van der Waals surface area contributed by atoms with E-state index >= 15 is 0 Å². The minimum absolute atomic E-state index is 0.0355. The summed E-state index contributed by atoms with van der Waals surface area (Å²) in [6.07, 6.45) is 0. The summed E-state index contributed by atoms with van der Waals surface area (Å²) in [4.78, 5) is 11.3. The molecule has 0 aromatic heterocycles. The molecule has 0 aliphatic carbocycles. The van der Waals surface area contributed by atoms with Crippen LogP contribution in [-0.2, 0) is 0 Å². The van der Waals surface area contributed by atoms with Crippen LogP contribution in [0.2, 0.25) is 5.02 Å². The predicted molar refractivity (Wildman–Crippen MR) is 65.6 cm³/mol. The molecule has 0 amide bonds. The number of rotatable bonds is 2. The predicted octanol–water partition coefficient (Wildman–Crippen LogP) is 2.93. The second-order valence-corrected chi connectivity index (χ2v) is 3.55. The lowest BCUT2D eigenvalue weighted by Gasteiger charge is -1.98. The van der Waals surface area contributed by atoms with Gasteiger partial charge in [0.15, 0.2) is 5.78 Å². The number of halogens is 1. The van der Waals surface area contributed by atoms with E-state index in [2.05, 4.69) is 11.9 Å². The van der Waals surface area contributed by atoms with Crippen LogP contribution in [0.3, 0.4) is 0 Å². The Bertz CT molecular complexity index is 330. The molecule has 1 N–H and O–H groups in total. The van der Waals surface area contributed by atoms with Crippen molar-refractivity contribution in [2.24, 2.45) is 0 Å². The van der Waals surface area contributed by atoms with Crippen molar-refractivity contribution in [3.8, 4) is 0 Å². The van der Waals surface area contributed by atoms with E-state index in [9.17, 15) is 4.79 Å². The molecule has 0 aliphatic heterocycles. The van der Waals surface area contributed by atoms with Gasteiger partial charge in [0.1, 0.15) is 0 Å². The van der Waals surface area contributed by atoms with Crippen molar-refractivity contribution in [2.45, 2.75) is 6.92 Å². The van der Waals surface area contributed by atoms with Crippen molar-refractivity contribution in [2.75, 3.05) is 14.1 Å². The number of carbonyl (C=O) groups excluding carboxylic acids is 1. The average molecular weight is 226 g/mol. The van der Waals surface area contributed by atoms with Crippen LogP contribution in [0.1, 0.15) is 17.3 Å². The number of hydrogen-bond donors (Lipinski definition) is 1. The van der Waals surface area contributed by atoms with Crippen LogP contribution in [0, 0.1) is 0 Å². The van der Waals surface area contributed by atoms with E-state index in [-0.39, 0.29) is 5.78 Å². The highest BCUT2D eigenvalue weighted by Gasteiger charge is 2.04. The summed E-state index contributed by atoms with van der Waals surface area (Å²) in [7, 11) is 3.75. The highest BCUT2D eigenvalue weighted by atomic mass is 35.5. The van der Waals surface area contributed by atoms with Crippen molar-refractivity contribution in [1.82, 2.24) is 5.32 Å². The lowest BCUT2D eigenvalue weighted by atomic mass is 10.1. The van der Waals surface area contributed by atoms with Gasteiger partial charge in [-0.15, -0.1) is 0 Å². The Hall–Kier alpha value is -1.12. The maximum absolute atomic E-state index is 11.3. The molecular weight excluding hydrogens is 210 g/mol. The first-order valence-electron chi connectivity index (χ1n) is 4.57. The number of carbonyl (C=O) groups is 1. The first-order valence-corrected chi connectivity index (χ1v) is 4.95. The molecule has 1 aromatic rings. The Morgan fingerprint density at radius 1 is 1.27 bits per heavy atom. The van der Waals surface area contributed by atoms with Crippen LogP contribution >= 0.6 is 11.6 Å². The molecule has 1 rings (SSSR count). The first kappa shape index (κ1) is 13.9. The third kappa shape index (κ3) is 5.35. The molecule has 0 saturated carbocycles. The molecule has 0 bridgehead atoms. The largest absolute Gasteiger partial charge is 0.323 e. The zero-order chi connectivity index (χ0) is 11.8. The third-order valence-electron chi connectivity index (χ3n) is 1.49. The molecule has 3 heteroatoms. The summed E-state index contributed by atoms with van der Waals surface area (Å²) in [6.45, 7) is 5.26. The van der Waals surface area contributed by atoms with E-state index in [1.807, 2.05) is 14.1 Å². The maximum Gasteiger partial charge on any atom is 0.188 e. The lowest BCUT2D eigenvalue weighted by molar-refractivity contribution is 0.103. The monoisotopic (exact) mass is 225 g/mol. The standard InChI is InChI=1S/C10H9ClO.C2H7N/c1-7(2)10(12)8-3-5-9(11)6-4-8;1-3-2/h3-6H,1H2,2H3;3H,1-2H3. The van der Waals surface area contributed by atoms with E-state index in [1.165, 1.54) is 0 Å². The second kappa shape index (κ2) is 7.21. The van der Waals surface area contributed by atoms with Gasteiger partial charge >= 0.3 is 0 Å². The molecule has 0 unspecified atom stereocenters. The Kier molecular flexibility index (Phi) is 6.67. The van der Waals surface area contributed by atoms with Crippen molar-refractivity contribution in [3.05, 3.63) is 47.0 Å². The minimum atomic E-state index is -0.0355. The van der Waals surface area contributed by atoms with Gasteiger partial charge in [-0.2, -0.15) is 0 Å². The zero-order valence-corrected chi connectivity index (χ0v) is 10.1. The average Bonchev–Trinajstić information content (AvgIpc) is 2.19. The fraction of sp³-hybridized carbons (Fsp3) is 0.250. The van der Waals surface area contributed by atoms with Gasteiger partial charge in [-0.05, 0) is 50.9 Å². The van der Waals surface area contributed by atoms with Crippen molar-refractivity contribution in [1.29, 1.82) is 0 Å². The summed E-state index contributed by atoms with van der Waals surface area (Å²) in [6, 6.07) is 6.77. The lowest BCUT2D eigenvalue weighted by Crippen LogP contribution is -1.98. The molecule has 82 valence electrons. The molecule has 15 heavy (non-hydrogen) atoms. The number of Topliss-reactive ketones (excluding diaryl/α,β-unsaturated/α-hetero) is 1. The first-order chi connectivity index (χ1) is 7.02. The molecule has 0 radical (unpaired) electrons. The molecule has 0 atom stereocenters. The van der Waals surface area contributed by atoms with Gasteiger partial charge in [-0.1, -0.05) is 18.2 Å². The van der Waals surface area contributed by atoms with Crippen LogP contribution in [-0.4, -0.2) is 19.9 Å². The highest BCUT2D eigenvalue weighted by molar-refractivity contribution is 6.30. The minimum Gasteiger partial charge on any atom is -0.323 e. The smallest absolute Gasteiger partial charge is 0.188 e. The normalized spacial score (nSPS) is 8.80. The summed E-state index contributed by atoms with van der Waals surface area (Å²) in [5, 5.41) is 3.38. The molecular formula is C12H16ClNO. The summed E-state index contributed by atoms with van der Waals surface area (Å²) < 4.78 is 0. The van der Waals surface area contributed by atoms with Crippen LogP contribution < -0.4 is 5.32 Å². The van der Waals surface area contributed by atoms with Crippen molar-refractivity contribution in [3.63, 3.8) is 0 Å². The van der Waals surface area contributed by atoms with E-state index in [0.29, 0.717) is 16.2 Å². The number of ketones is 1. The maximum atomic E-state index is 11.3. The quantitative estimate of drug-likeness (QED) is 0.620. The van der Waals surface area contributed by atoms with Gasteiger partial charge in [0.25, 0.3) is 0 Å². The second-order valence-electron chi connectivity index (χ2n) is 3.12. The third-order valence-corrected chi connectivity index (χ3v) is 1.75. The van der Waals surface area contributed by atoms with E-state index < -0.39 is 0 Å². The van der Waals surface area contributed by atoms with E-state index in [1.54, 1.807) is 31.2 Å². The summed E-state index contributed by atoms with van der Waals surface area (Å²) in [5.41, 5.74) is 1.17. The zero-order valence-electron chi connectivity index (χ0n) is 9.30. The van der Waals surface area contributed by atoms with Crippen molar-refractivity contribution < 1.29 is 4.79 Å². The van der Waals surface area contributed by atoms with Crippen LogP contribution in [0.15, 0.2) is 36.4 Å². The van der Waals surface area contributed by atoms with Crippen LogP contribution in [0.5, 0.6) is 0 Å². The molecule has 0 fully saturated rings. The summed E-state index contributed by atoms with van der Waals surface area (Å²) in [5.74, 6) is -0.0355. The SMILES string of the molecule is C=C(C)C(=O)c1ccc(Cl)cc1.CNC. The number of benzene rings is 1. The number of nitrogens with one attached hydrogen (secondary N) is 1. The van der Waals surface area contributed by atoms with Gasteiger partial charge in [-0.25, -0.2) is 0 Å². The van der Waals surface area contributed by atoms with E-state index in [4.69, 9.17) is 11.6 Å². The van der Waals surface area contributed by atoms with Gasteiger partial charge in [0.2, 0.25) is 0 Å². The molecule has 1 aromatic carbocycles. The fourth-order valence-corrected chi connectivity index (χ4v) is 0.974. The molecule has 0 spiro atoms. The van der Waals surface area contributed by atoms with Crippen LogP contribution in [0.4, 0.5) is 0 Å². The Morgan fingerprint density at radius 2 is 1.67 bits per heavy atom. The van der Waals surface area contributed by atoms with Crippen molar-refractivity contribution >= 4 is 17.4 Å².